The normalized spacial score (nSPS) is 12.6. The van der Waals surface area contributed by atoms with Crippen LogP contribution >= 0.6 is 27.3 Å². The first-order valence-corrected chi connectivity index (χ1v) is 7.43. The molecule has 3 N–H and O–H groups in total. The lowest BCUT2D eigenvalue weighted by Gasteiger charge is -2.18. The number of nitrogens with one attached hydrogen (secondary N) is 1. The molecule has 1 atom stereocenters. The van der Waals surface area contributed by atoms with Crippen LogP contribution in [0.4, 0.5) is 0 Å². The van der Waals surface area contributed by atoms with Gasteiger partial charge in [-0.3, -0.25) is 4.79 Å². The zero-order chi connectivity index (χ0) is 13.7. The van der Waals surface area contributed by atoms with Crippen LogP contribution in [0.25, 0.3) is 0 Å². The van der Waals surface area contributed by atoms with E-state index in [1.165, 1.54) is 11.3 Å². The first-order chi connectivity index (χ1) is 8.47. The van der Waals surface area contributed by atoms with Crippen molar-refractivity contribution in [1.82, 2.24) is 5.32 Å². The predicted molar refractivity (Wildman–Crippen MR) is 78.3 cm³/mol. The van der Waals surface area contributed by atoms with Crippen molar-refractivity contribution in [2.24, 2.45) is 11.7 Å². The molecule has 0 bridgehead atoms. The van der Waals surface area contributed by atoms with E-state index in [0.717, 1.165) is 10.2 Å². The number of rotatable bonds is 6. The van der Waals surface area contributed by atoms with Crippen LogP contribution in [0.3, 0.4) is 0 Å². The first kappa shape index (κ1) is 15.5. The van der Waals surface area contributed by atoms with E-state index >= 15 is 0 Å². The first-order valence-electron chi connectivity index (χ1n) is 5.82. The van der Waals surface area contributed by atoms with Crippen molar-refractivity contribution in [2.45, 2.75) is 26.3 Å². The summed E-state index contributed by atoms with van der Waals surface area (Å²) in [4.78, 5) is 12.7. The van der Waals surface area contributed by atoms with Crippen LogP contribution in [-0.4, -0.2) is 25.6 Å². The summed E-state index contributed by atoms with van der Waals surface area (Å²) in [5, 5.41) is 2.95. The highest BCUT2D eigenvalue weighted by atomic mass is 79.9. The molecule has 1 rings (SSSR count). The standard InChI is InChI=1S/C12H19BrN2O2S/c1-7(2)4-8(6-14)15-12(16)10-5-9(17-3)11(13)18-10/h5,7-8H,4,6,14H2,1-3H3,(H,15,16). The van der Waals surface area contributed by atoms with Gasteiger partial charge in [0.25, 0.3) is 5.91 Å². The predicted octanol–water partition coefficient (Wildman–Crippen LogP) is 2.62. The summed E-state index contributed by atoms with van der Waals surface area (Å²) in [5.41, 5.74) is 5.66. The molecule has 1 aromatic rings. The van der Waals surface area contributed by atoms with Crippen LogP contribution in [0.15, 0.2) is 9.85 Å². The maximum absolute atomic E-state index is 12.0. The zero-order valence-corrected chi connectivity index (χ0v) is 13.2. The van der Waals surface area contributed by atoms with E-state index in [2.05, 4.69) is 35.1 Å². The fraction of sp³-hybridized carbons (Fsp3) is 0.583. The summed E-state index contributed by atoms with van der Waals surface area (Å²) >= 11 is 4.72. The van der Waals surface area contributed by atoms with Crippen molar-refractivity contribution in [1.29, 1.82) is 0 Å². The summed E-state index contributed by atoms with van der Waals surface area (Å²) in [6.07, 6.45) is 0.881. The van der Waals surface area contributed by atoms with E-state index in [1.807, 2.05) is 0 Å². The summed E-state index contributed by atoms with van der Waals surface area (Å²) in [6.45, 7) is 4.67. The van der Waals surface area contributed by atoms with E-state index < -0.39 is 0 Å². The lowest BCUT2D eigenvalue weighted by molar-refractivity contribution is 0.0937. The second kappa shape index (κ2) is 7.11. The monoisotopic (exact) mass is 334 g/mol. The minimum atomic E-state index is -0.0971. The van der Waals surface area contributed by atoms with Gasteiger partial charge in [-0.1, -0.05) is 13.8 Å². The van der Waals surface area contributed by atoms with Gasteiger partial charge in [0.1, 0.15) is 9.54 Å². The number of nitrogens with two attached hydrogens (primary N) is 1. The van der Waals surface area contributed by atoms with Crippen molar-refractivity contribution in [3.05, 3.63) is 14.7 Å². The van der Waals surface area contributed by atoms with Crippen LogP contribution < -0.4 is 15.8 Å². The highest BCUT2D eigenvalue weighted by molar-refractivity contribution is 9.11. The Bertz CT molecular complexity index is 407. The van der Waals surface area contributed by atoms with E-state index in [4.69, 9.17) is 10.5 Å². The minimum Gasteiger partial charge on any atom is -0.495 e. The van der Waals surface area contributed by atoms with Gasteiger partial charge in [0, 0.05) is 18.7 Å². The van der Waals surface area contributed by atoms with Crippen molar-refractivity contribution in [3.63, 3.8) is 0 Å². The Hall–Kier alpha value is -0.590. The molecule has 0 saturated heterocycles. The topological polar surface area (TPSA) is 64.3 Å². The van der Waals surface area contributed by atoms with Crippen molar-refractivity contribution >= 4 is 33.2 Å². The lowest BCUT2D eigenvalue weighted by Crippen LogP contribution is -2.40. The molecule has 6 heteroatoms. The molecule has 1 unspecified atom stereocenters. The van der Waals surface area contributed by atoms with Crippen LogP contribution in [0.1, 0.15) is 29.9 Å². The number of amides is 1. The smallest absolute Gasteiger partial charge is 0.261 e. The number of carbonyl (C=O) groups excluding carboxylic acids is 1. The molecule has 0 saturated carbocycles. The van der Waals surface area contributed by atoms with E-state index in [0.29, 0.717) is 23.1 Å². The molecule has 0 aliphatic heterocycles. The van der Waals surface area contributed by atoms with Crippen molar-refractivity contribution in [3.8, 4) is 5.75 Å². The Kier molecular flexibility index (Phi) is 6.11. The molecule has 1 amide bonds. The average molecular weight is 335 g/mol. The minimum absolute atomic E-state index is 0.0179. The van der Waals surface area contributed by atoms with Gasteiger partial charge >= 0.3 is 0 Å². The third-order valence-corrected chi connectivity index (χ3v) is 4.25. The molecule has 0 aliphatic rings. The van der Waals surface area contributed by atoms with E-state index in [9.17, 15) is 4.79 Å². The summed E-state index contributed by atoms with van der Waals surface area (Å²) < 4.78 is 5.95. The number of ether oxygens (including phenoxy) is 1. The molecule has 102 valence electrons. The van der Waals surface area contributed by atoms with Gasteiger partial charge in [0.05, 0.1) is 12.0 Å². The number of hydrogen-bond donors (Lipinski definition) is 2. The third-order valence-electron chi connectivity index (χ3n) is 2.47. The van der Waals surface area contributed by atoms with Gasteiger partial charge in [-0.25, -0.2) is 0 Å². The second-order valence-electron chi connectivity index (χ2n) is 4.49. The van der Waals surface area contributed by atoms with Gasteiger partial charge in [-0.15, -0.1) is 11.3 Å². The Balaban J connectivity index is 2.68. The summed E-state index contributed by atoms with van der Waals surface area (Å²) in [6, 6.07) is 1.75. The number of carbonyl (C=O) groups is 1. The molecule has 1 aromatic heterocycles. The molecule has 0 aliphatic carbocycles. The highest BCUT2D eigenvalue weighted by Gasteiger charge is 2.17. The Morgan fingerprint density at radius 2 is 2.28 bits per heavy atom. The maximum Gasteiger partial charge on any atom is 0.261 e. The van der Waals surface area contributed by atoms with Crippen LogP contribution in [0.5, 0.6) is 5.75 Å². The molecule has 0 aromatic carbocycles. The average Bonchev–Trinajstić information content (AvgIpc) is 2.69. The molecule has 0 radical (unpaired) electrons. The van der Waals surface area contributed by atoms with Crippen LogP contribution in [0, 0.1) is 5.92 Å². The highest BCUT2D eigenvalue weighted by Crippen LogP contribution is 2.34. The summed E-state index contributed by atoms with van der Waals surface area (Å²) in [5.74, 6) is 1.09. The fourth-order valence-electron chi connectivity index (χ4n) is 1.64. The SMILES string of the molecule is COc1cc(C(=O)NC(CN)CC(C)C)sc1Br. The molecular formula is C12H19BrN2O2S. The van der Waals surface area contributed by atoms with E-state index in [-0.39, 0.29) is 11.9 Å². The Labute approximate surface area is 120 Å². The molecule has 1 heterocycles. The number of hydrogen-bond acceptors (Lipinski definition) is 4. The van der Waals surface area contributed by atoms with Crippen LogP contribution in [0.2, 0.25) is 0 Å². The van der Waals surface area contributed by atoms with E-state index in [1.54, 1.807) is 13.2 Å². The van der Waals surface area contributed by atoms with Gasteiger partial charge in [-0.2, -0.15) is 0 Å². The Morgan fingerprint density at radius 1 is 1.61 bits per heavy atom. The summed E-state index contributed by atoms with van der Waals surface area (Å²) in [7, 11) is 1.58. The number of methoxy groups -OCH3 is 1. The molecular weight excluding hydrogens is 316 g/mol. The number of thiophene rings is 1. The third kappa shape index (κ3) is 4.26. The van der Waals surface area contributed by atoms with Gasteiger partial charge < -0.3 is 15.8 Å². The molecule has 18 heavy (non-hydrogen) atoms. The van der Waals surface area contributed by atoms with Gasteiger partial charge in [0.15, 0.2) is 0 Å². The molecule has 0 fully saturated rings. The van der Waals surface area contributed by atoms with Crippen molar-refractivity contribution in [2.75, 3.05) is 13.7 Å². The lowest BCUT2D eigenvalue weighted by atomic mass is 10.0. The van der Waals surface area contributed by atoms with Crippen LogP contribution in [-0.2, 0) is 0 Å². The fourth-order valence-corrected chi connectivity index (χ4v) is 3.20. The van der Waals surface area contributed by atoms with Gasteiger partial charge in [-0.05, 0) is 28.3 Å². The number of halogens is 1. The second-order valence-corrected chi connectivity index (χ2v) is 6.86. The Morgan fingerprint density at radius 3 is 2.72 bits per heavy atom. The zero-order valence-electron chi connectivity index (χ0n) is 10.8. The maximum atomic E-state index is 12.0. The largest absolute Gasteiger partial charge is 0.495 e. The van der Waals surface area contributed by atoms with Crippen molar-refractivity contribution < 1.29 is 9.53 Å². The molecule has 4 nitrogen and oxygen atoms in total. The molecule has 0 spiro atoms. The quantitative estimate of drug-likeness (QED) is 0.840. The van der Waals surface area contributed by atoms with Gasteiger partial charge in [0.2, 0.25) is 0 Å².